The molecule has 0 aliphatic carbocycles. The van der Waals surface area contributed by atoms with E-state index in [9.17, 15) is 9.18 Å². The summed E-state index contributed by atoms with van der Waals surface area (Å²) in [5, 5.41) is 10.9. The van der Waals surface area contributed by atoms with E-state index in [0.29, 0.717) is 12.1 Å². The number of nitrogens with one attached hydrogen (secondary N) is 2. The molecule has 2 aromatic carbocycles. The van der Waals surface area contributed by atoms with Crippen LogP contribution < -0.4 is 10.6 Å². The molecule has 0 unspecified atom stereocenters. The van der Waals surface area contributed by atoms with Crippen LogP contribution in [0.4, 0.5) is 4.39 Å². The minimum atomic E-state index is -0.285. The summed E-state index contributed by atoms with van der Waals surface area (Å²) in [5.74, 6) is -0.166. The van der Waals surface area contributed by atoms with Gasteiger partial charge in [-0.3, -0.25) is 4.79 Å². The quantitative estimate of drug-likeness (QED) is 0.696. The van der Waals surface area contributed by atoms with Gasteiger partial charge in [0.1, 0.15) is 5.82 Å². The first kappa shape index (κ1) is 19.3. The molecule has 1 fully saturated rings. The number of benzene rings is 2. The van der Waals surface area contributed by atoms with Gasteiger partial charge in [0, 0.05) is 12.5 Å². The fourth-order valence-corrected chi connectivity index (χ4v) is 3.79. The number of hydrogen-bond acceptors (Lipinski definition) is 3. The molecule has 5 nitrogen and oxygen atoms in total. The molecule has 1 aliphatic heterocycles. The summed E-state index contributed by atoms with van der Waals surface area (Å²) in [5.41, 5.74) is 4.57. The number of hydrogen-bond donors (Lipinski definition) is 2. The van der Waals surface area contributed by atoms with Crippen molar-refractivity contribution >= 4 is 5.91 Å². The van der Waals surface area contributed by atoms with Crippen molar-refractivity contribution in [3.05, 3.63) is 82.9 Å². The van der Waals surface area contributed by atoms with Gasteiger partial charge in [0.15, 0.2) is 0 Å². The fraction of sp³-hybridized carbons (Fsp3) is 0.304. The van der Waals surface area contributed by atoms with E-state index in [4.69, 9.17) is 0 Å². The summed E-state index contributed by atoms with van der Waals surface area (Å²) in [4.78, 5) is 13.0. The van der Waals surface area contributed by atoms with Crippen molar-refractivity contribution in [1.29, 1.82) is 0 Å². The van der Waals surface area contributed by atoms with Crippen molar-refractivity contribution in [2.75, 3.05) is 13.1 Å². The average Bonchev–Trinajstić information content (AvgIpc) is 3.19. The highest BCUT2D eigenvalue weighted by Gasteiger charge is 2.26. The molecule has 0 radical (unpaired) electrons. The van der Waals surface area contributed by atoms with E-state index in [1.165, 1.54) is 17.7 Å². The van der Waals surface area contributed by atoms with Gasteiger partial charge < -0.3 is 10.6 Å². The zero-order valence-electron chi connectivity index (χ0n) is 16.5. The van der Waals surface area contributed by atoms with Gasteiger partial charge in [0.2, 0.25) is 0 Å². The highest BCUT2D eigenvalue weighted by molar-refractivity contribution is 5.95. The van der Waals surface area contributed by atoms with Crippen LogP contribution in [0, 0.1) is 12.7 Å². The van der Waals surface area contributed by atoms with Crippen LogP contribution in [0.3, 0.4) is 0 Å². The Morgan fingerprint density at radius 2 is 1.83 bits per heavy atom. The van der Waals surface area contributed by atoms with E-state index < -0.39 is 0 Å². The lowest BCUT2D eigenvalue weighted by Crippen LogP contribution is -2.30. The third-order valence-corrected chi connectivity index (χ3v) is 5.42. The molecule has 2 heterocycles. The van der Waals surface area contributed by atoms with E-state index in [2.05, 4.69) is 34.8 Å². The Kier molecular flexibility index (Phi) is 5.71. The molecule has 0 atom stereocenters. The lowest BCUT2D eigenvalue weighted by atomic mass is 9.91. The summed E-state index contributed by atoms with van der Waals surface area (Å²) in [6.45, 7) is 4.26. The normalized spacial score (nSPS) is 14.7. The smallest absolute Gasteiger partial charge is 0.255 e. The zero-order valence-corrected chi connectivity index (χ0v) is 16.5. The molecule has 29 heavy (non-hydrogen) atoms. The van der Waals surface area contributed by atoms with Crippen LogP contribution in [0.15, 0.2) is 54.7 Å². The Bertz CT molecular complexity index is 973. The predicted molar refractivity (Wildman–Crippen MR) is 111 cm³/mol. The lowest BCUT2D eigenvalue weighted by Gasteiger charge is -2.24. The summed E-state index contributed by atoms with van der Waals surface area (Å²) in [6.07, 6.45) is 3.60. The van der Waals surface area contributed by atoms with Crippen LogP contribution in [0.2, 0.25) is 0 Å². The van der Waals surface area contributed by atoms with E-state index in [1.807, 2.05) is 16.8 Å². The summed E-state index contributed by atoms with van der Waals surface area (Å²) >= 11 is 0. The van der Waals surface area contributed by atoms with Crippen LogP contribution in [0.25, 0.3) is 5.69 Å². The molecule has 1 aromatic heterocycles. The van der Waals surface area contributed by atoms with E-state index in [-0.39, 0.29) is 17.6 Å². The summed E-state index contributed by atoms with van der Waals surface area (Å²) < 4.78 is 15.0. The maximum Gasteiger partial charge on any atom is 0.255 e. The van der Waals surface area contributed by atoms with Gasteiger partial charge in [-0.05, 0) is 62.7 Å². The van der Waals surface area contributed by atoms with E-state index in [1.54, 1.807) is 18.3 Å². The monoisotopic (exact) mass is 392 g/mol. The Balaban J connectivity index is 1.62. The van der Waals surface area contributed by atoms with Crippen molar-refractivity contribution in [2.45, 2.75) is 32.2 Å². The molecule has 4 rings (SSSR count). The molecule has 0 spiro atoms. The van der Waals surface area contributed by atoms with Crippen molar-refractivity contribution in [3.8, 4) is 5.69 Å². The van der Waals surface area contributed by atoms with Gasteiger partial charge in [-0.15, -0.1) is 0 Å². The van der Waals surface area contributed by atoms with Gasteiger partial charge >= 0.3 is 0 Å². The van der Waals surface area contributed by atoms with Gasteiger partial charge in [-0.2, -0.15) is 5.10 Å². The predicted octanol–water partition coefficient (Wildman–Crippen LogP) is 3.72. The number of halogens is 1. The van der Waals surface area contributed by atoms with Crippen LogP contribution in [0.1, 0.15) is 45.9 Å². The molecule has 0 bridgehead atoms. The summed E-state index contributed by atoms with van der Waals surface area (Å²) in [6, 6.07) is 14.3. The van der Waals surface area contributed by atoms with Crippen LogP contribution in [-0.2, 0) is 6.54 Å². The third-order valence-electron chi connectivity index (χ3n) is 5.42. The second kappa shape index (κ2) is 8.57. The first-order chi connectivity index (χ1) is 14.1. The highest BCUT2D eigenvalue weighted by atomic mass is 19.1. The molecular weight excluding hydrogens is 367 g/mol. The molecule has 2 N–H and O–H groups in total. The number of nitrogens with zero attached hydrogens (tertiary/aromatic N) is 2. The molecular formula is C23H25FN4O. The van der Waals surface area contributed by atoms with Gasteiger partial charge in [0.25, 0.3) is 5.91 Å². The number of aryl methyl sites for hydroxylation is 1. The van der Waals surface area contributed by atoms with Gasteiger partial charge in [0.05, 0.1) is 23.1 Å². The minimum Gasteiger partial charge on any atom is -0.348 e. The average molecular weight is 392 g/mol. The minimum absolute atomic E-state index is 0.152. The van der Waals surface area contributed by atoms with Crippen molar-refractivity contribution in [3.63, 3.8) is 0 Å². The van der Waals surface area contributed by atoms with Gasteiger partial charge in [-0.25, -0.2) is 9.07 Å². The van der Waals surface area contributed by atoms with Crippen LogP contribution >= 0.6 is 0 Å². The van der Waals surface area contributed by atoms with Crippen molar-refractivity contribution in [2.24, 2.45) is 0 Å². The number of amides is 1. The van der Waals surface area contributed by atoms with Crippen molar-refractivity contribution < 1.29 is 9.18 Å². The SMILES string of the molecule is Cc1ccc(-n2ncc(C(=O)NCc3ccc(F)cc3)c2C2CCNCC2)cc1. The number of carbonyl (C=O) groups is 1. The number of piperidine rings is 1. The fourth-order valence-electron chi connectivity index (χ4n) is 3.79. The van der Waals surface area contributed by atoms with E-state index >= 15 is 0 Å². The Labute approximate surface area is 169 Å². The first-order valence-electron chi connectivity index (χ1n) is 10.00. The standard InChI is InChI=1S/C23H25FN4O/c1-16-2-8-20(9-3-16)28-22(18-10-12-25-13-11-18)21(15-27-28)23(29)26-14-17-4-6-19(24)7-5-17/h2-9,15,18,25H,10-14H2,1H3,(H,26,29). The molecule has 0 saturated carbocycles. The second-order valence-corrected chi connectivity index (χ2v) is 7.52. The maximum absolute atomic E-state index is 13.1. The van der Waals surface area contributed by atoms with Gasteiger partial charge in [-0.1, -0.05) is 29.8 Å². The molecule has 3 aromatic rings. The zero-order chi connectivity index (χ0) is 20.2. The third kappa shape index (κ3) is 4.38. The van der Waals surface area contributed by atoms with Crippen LogP contribution in [-0.4, -0.2) is 28.8 Å². The Morgan fingerprint density at radius 3 is 2.52 bits per heavy atom. The topological polar surface area (TPSA) is 59.0 Å². The molecule has 6 heteroatoms. The number of carbonyl (C=O) groups excluding carboxylic acids is 1. The maximum atomic E-state index is 13.1. The number of aromatic nitrogens is 2. The first-order valence-corrected chi connectivity index (χ1v) is 10.00. The molecule has 1 saturated heterocycles. The summed E-state index contributed by atoms with van der Waals surface area (Å²) in [7, 11) is 0. The largest absolute Gasteiger partial charge is 0.348 e. The molecule has 1 amide bonds. The number of rotatable bonds is 5. The Morgan fingerprint density at radius 1 is 1.14 bits per heavy atom. The second-order valence-electron chi connectivity index (χ2n) is 7.52. The van der Waals surface area contributed by atoms with E-state index in [0.717, 1.165) is 42.9 Å². The Hall–Kier alpha value is -2.99. The molecule has 1 aliphatic rings. The van der Waals surface area contributed by atoms with Crippen molar-refractivity contribution in [1.82, 2.24) is 20.4 Å². The lowest BCUT2D eigenvalue weighted by molar-refractivity contribution is 0.0949. The van der Waals surface area contributed by atoms with Crippen LogP contribution in [0.5, 0.6) is 0 Å². The highest BCUT2D eigenvalue weighted by Crippen LogP contribution is 2.30. The molecule has 150 valence electrons.